The number of carbonyl (C=O) groups excluding carboxylic acids is 4. The minimum absolute atomic E-state index is 0.112. The van der Waals surface area contributed by atoms with Gasteiger partial charge in [-0.05, 0) is 11.1 Å². The molecule has 1 N–H and O–H groups in total. The summed E-state index contributed by atoms with van der Waals surface area (Å²) in [6.07, 6.45) is -1.52. The molecule has 2 aliphatic rings. The average molecular weight is 330 g/mol. The van der Waals surface area contributed by atoms with Gasteiger partial charge in [0, 0.05) is 12.8 Å². The maximum absolute atomic E-state index is 11.9. The minimum atomic E-state index is -1.05. The van der Waals surface area contributed by atoms with E-state index in [1.54, 1.807) is 0 Å². The summed E-state index contributed by atoms with van der Waals surface area (Å²) in [6, 6.07) is -1.02. The molecule has 10 heteroatoms. The van der Waals surface area contributed by atoms with Gasteiger partial charge in [0.1, 0.15) is 12.6 Å². The highest BCUT2D eigenvalue weighted by molar-refractivity contribution is 5.88. The van der Waals surface area contributed by atoms with Crippen LogP contribution in [0.3, 0.4) is 0 Å². The number of carbonyl (C=O) groups is 4. The van der Waals surface area contributed by atoms with E-state index >= 15 is 0 Å². The number of amides is 2. The van der Waals surface area contributed by atoms with Crippen molar-refractivity contribution < 1.29 is 38.3 Å². The highest BCUT2D eigenvalue weighted by Gasteiger charge is 2.40. The van der Waals surface area contributed by atoms with Crippen molar-refractivity contribution in [2.45, 2.75) is 38.8 Å². The molecule has 1 unspecified atom stereocenters. The zero-order valence-corrected chi connectivity index (χ0v) is 12.8. The van der Waals surface area contributed by atoms with E-state index in [1.165, 1.54) is 0 Å². The molecule has 0 aromatic rings. The maximum Gasteiger partial charge on any atom is 0.407 e. The summed E-state index contributed by atoms with van der Waals surface area (Å²) < 4.78 is 9.60. The molecule has 2 atom stereocenters. The average Bonchev–Trinajstić information content (AvgIpc) is 3.06. The fourth-order valence-electron chi connectivity index (χ4n) is 1.84. The lowest BCUT2D eigenvalue weighted by Gasteiger charge is -2.15. The molecule has 2 saturated heterocycles. The van der Waals surface area contributed by atoms with E-state index in [1.807, 2.05) is 13.8 Å². The first-order valence-electron chi connectivity index (χ1n) is 7.18. The van der Waals surface area contributed by atoms with Crippen molar-refractivity contribution in [2.75, 3.05) is 13.2 Å². The van der Waals surface area contributed by atoms with Gasteiger partial charge < -0.3 is 19.6 Å². The number of cyclic esters (lactones) is 1. The fourth-order valence-corrected chi connectivity index (χ4v) is 1.84. The Kier molecular flexibility index (Phi) is 5.37. The Morgan fingerprint density at radius 3 is 2.74 bits per heavy atom. The first-order chi connectivity index (χ1) is 10.9. The van der Waals surface area contributed by atoms with E-state index in [0.29, 0.717) is 5.23 Å². The van der Waals surface area contributed by atoms with Crippen LogP contribution in [0.25, 0.3) is 0 Å². The van der Waals surface area contributed by atoms with E-state index in [4.69, 9.17) is 19.1 Å². The quantitative estimate of drug-likeness (QED) is 0.681. The molecule has 0 aromatic carbocycles. The smallest absolute Gasteiger partial charge is 0.407 e. The first kappa shape index (κ1) is 17.0. The predicted octanol–water partition coefficient (Wildman–Crippen LogP) is -0.325. The molecule has 0 saturated carbocycles. The van der Waals surface area contributed by atoms with Gasteiger partial charge in [0.25, 0.3) is 0 Å². The molecule has 2 aliphatic heterocycles. The molecule has 2 rings (SSSR count). The van der Waals surface area contributed by atoms with E-state index in [-0.39, 0.29) is 32.0 Å². The highest BCUT2D eigenvalue weighted by Crippen LogP contribution is 2.17. The number of hydrogen-bond acceptors (Lipinski definition) is 8. The van der Waals surface area contributed by atoms with Gasteiger partial charge >= 0.3 is 23.9 Å². The van der Waals surface area contributed by atoms with Crippen LogP contribution in [0.4, 0.5) is 4.79 Å². The topological polar surface area (TPSA) is 120 Å². The molecule has 2 heterocycles. The van der Waals surface area contributed by atoms with Crippen LogP contribution in [0.2, 0.25) is 0 Å². The summed E-state index contributed by atoms with van der Waals surface area (Å²) in [5.74, 6) is -2.02. The van der Waals surface area contributed by atoms with Gasteiger partial charge in [-0.3, -0.25) is 9.59 Å². The number of hydrogen-bond donors (Lipinski definition) is 1. The second-order valence-corrected chi connectivity index (χ2v) is 5.51. The molecule has 0 aromatic heterocycles. The van der Waals surface area contributed by atoms with Gasteiger partial charge in [-0.15, -0.1) is 0 Å². The summed E-state index contributed by atoms with van der Waals surface area (Å²) in [5.41, 5.74) is 0. The Hall–Kier alpha value is -2.36. The molecule has 2 amide bonds. The standard InChI is InChI=1S/C13H18N2O8/c1-7(2)5-20-13(19)14-8-6-21-15(11(8)17)23-12(18)9-3-4-10(16)22-9/h7-9H,3-6H2,1-2H3,(H,14,19)/t8-,9?/m0/s1. The van der Waals surface area contributed by atoms with Crippen molar-refractivity contribution in [1.82, 2.24) is 10.5 Å². The highest BCUT2D eigenvalue weighted by atomic mass is 17.0. The van der Waals surface area contributed by atoms with Gasteiger partial charge in [-0.25, -0.2) is 14.4 Å². The SMILES string of the molecule is CC(C)COC(=O)N[C@H]1CON(OC(=O)C2CCC(=O)O2)C1=O. The number of ether oxygens (including phenoxy) is 2. The molecular formula is C13H18N2O8. The Balaban J connectivity index is 1.78. The number of nitrogens with one attached hydrogen (secondary N) is 1. The van der Waals surface area contributed by atoms with Gasteiger partial charge in [0.05, 0.1) is 6.61 Å². The Morgan fingerprint density at radius 2 is 2.13 bits per heavy atom. The van der Waals surface area contributed by atoms with Crippen molar-refractivity contribution >= 4 is 23.9 Å². The molecule has 2 fully saturated rings. The van der Waals surface area contributed by atoms with Crippen LogP contribution in [0.15, 0.2) is 0 Å². The van der Waals surface area contributed by atoms with E-state index < -0.39 is 36.1 Å². The van der Waals surface area contributed by atoms with Gasteiger partial charge in [-0.2, -0.15) is 0 Å². The van der Waals surface area contributed by atoms with Crippen molar-refractivity contribution in [3.8, 4) is 0 Å². The summed E-state index contributed by atoms with van der Waals surface area (Å²) in [4.78, 5) is 55.7. The second kappa shape index (κ2) is 7.27. The molecule has 0 radical (unpaired) electrons. The van der Waals surface area contributed by atoms with Crippen LogP contribution >= 0.6 is 0 Å². The predicted molar refractivity (Wildman–Crippen MR) is 71.1 cm³/mol. The van der Waals surface area contributed by atoms with Crippen LogP contribution < -0.4 is 5.32 Å². The van der Waals surface area contributed by atoms with E-state index in [9.17, 15) is 19.2 Å². The van der Waals surface area contributed by atoms with Crippen LogP contribution in [0.1, 0.15) is 26.7 Å². The number of esters is 1. The van der Waals surface area contributed by atoms with Crippen LogP contribution in [0, 0.1) is 5.92 Å². The third-order valence-electron chi connectivity index (χ3n) is 3.00. The molecule has 0 bridgehead atoms. The molecular weight excluding hydrogens is 312 g/mol. The third-order valence-corrected chi connectivity index (χ3v) is 3.00. The molecule has 0 aliphatic carbocycles. The largest absolute Gasteiger partial charge is 0.450 e. The normalized spacial score (nSPS) is 23.9. The summed E-state index contributed by atoms with van der Waals surface area (Å²) in [6.45, 7) is 3.75. The Bertz CT molecular complexity index is 506. The number of hydroxylamine groups is 2. The number of alkyl carbamates (subject to hydrolysis) is 1. The Labute approximate surface area is 131 Å². The van der Waals surface area contributed by atoms with Crippen LogP contribution in [-0.4, -0.2) is 54.5 Å². The van der Waals surface area contributed by atoms with E-state index in [2.05, 4.69) is 5.32 Å². The lowest BCUT2D eigenvalue weighted by atomic mass is 10.2. The lowest BCUT2D eigenvalue weighted by Crippen LogP contribution is -2.44. The summed E-state index contributed by atoms with van der Waals surface area (Å²) >= 11 is 0. The van der Waals surface area contributed by atoms with Gasteiger partial charge in [-0.1, -0.05) is 13.8 Å². The Morgan fingerprint density at radius 1 is 1.39 bits per heavy atom. The molecule has 128 valence electrons. The van der Waals surface area contributed by atoms with Crippen molar-refractivity contribution in [3.05, 3.63) is 0 Å². The van der Waals surface area contributed by atoms with Crippen molar-refractivity contribution in [3.63, 3.8) is 0 Å². The lowest BCUT2D eigenvalue weighted by molar-refractivity contribution is -0.306. The van der Waals surface area contributed by atoms with Crippen molar-refractivity contribution in [2.24, 2.45) is 5.92 Å². The first-order valence-corrected chi connectivity index (χ1v) is 7.18. The molecule has 23 heavy (non-hydrogen) atoms. The number of nitrogens with zero attached hydrogens (tertiary/aromatic N) is 1. The third kappa shape index (κ3) is 4.55. The van der Waals surface area contributed by atoms with Crippen LogP contribution in [-0.2, 0) is 33.5 Å². The molecule has 10 nitrogen and oxygen atoms in total. The summed E-state index contributed by atoms with van der Waals surface area (Å²) in [7, 11) is 0. The monoisotopic (exact) mass is 330 g/mol. The van der Waals surface area contributed by atoms with E-state index in [0.717, 1.165) is 0 Å². The van der Waals surface area contributed by atoms with Gasteiger partial charge in [0.2, 0.25) is 6.10 Å². The van der Waals surface area contributed by atoms with Gasteiger partial charge in [0.15, 0.2) is 0 Å². The summed E-state index contributed by atoms with van der Waals surface area (Å²) in [5, 5.41) is 2.69. The molecule has 0 spiro atoms. The fraction of sp³-hybridized carbons (Fsp3) is 0.692. The van der Waals surface area contributed by atoms with Crippen LogP contribution in [0.5, 0.6) is 0 Å². The maximum atomic E-state index is 11.9. The zero-order valence-electron chi connectivity index (χ0n) is 12.8. The van der Waals surface area contributed by atoms with Crippen molar-refractivity contribution in [1.29, 1.82) is 0 Å². The minimum Gasteiger partial charge on any atom is -0.450 e. The second-order valence-electron chi connectivity index (χ2n) is 5.51. The number of rotatable bonds is 5. The zero-order chi connectivity index (χ0) is 17.0.